The van der Waals surface area contributed by atoms with Gasteiger partial charge in [-0.15, -0.1) is 0 Å². The number of thioether (sulfide) groups is 1. The number of hydrogen-bond acceptors (Lipinski definition) is 1. The van der Waals surface area contributed by atoms with E-state index in [1.54, 1.807) is 5.56 Å². The Morgan fingerprint density at radius 1 is 1.00 bits per heavy atom. The molecule has 0 heterocycles. The van der Waals surface area contributed by atoms with Crippen LogP contribution >= 0.6 is 11.8 Å². The maximum Gasteiger partial charge on any atom is 1.00 e. The van der Waals surface area contributed by atoms with Crippen molar-refractivity contribution in [3.63, 3.8) is 0 Å². The van der Waals surface area contributed by atoms with Crippen LogP contribution in [0, 0.1) is 27.7 Å². The molecule has 0 amide bonds. The van der Waals surface area contributed by atoms with Crippen molar-refractivity contribution in [2.75, 3.05) is 12.0 Å². The quantitative estimate of drug-likeness (QED) is 0.527. The summed E-state index contributed by atoms with van der Waals surface area (Å²) in [5.41, 5.74) is 7.61. The van der Waals surface area contributed by atoms with E-state index in [0.29, 0.717) is 0 Å². The number of hydrogen-bond donors (Lipinski definition) is 0. The molecule has 0 spiro atoms. The number of rotatable bonds is 3. The van der Waals surface area contributed by atoms with Crippen molar-refractivity contribution in [3.05, 3.63) is 27.8 Å². The maximum atomic E-state index is 2.25. The molecule has 0 radical (unpaired) electrons. The second-order valence-corrected chi connectivity index (χ2v) is 4.71. The predicted octanol–water partition coefficient (Wildman–Crippen LogP) is 0.549. The third-order valence-corrected chi connectivity index (χ3v) is 3.76. The summed E-state index contributed by atoms with van der Waals surface area (Å²) >= 11 is 1.93. The van der Waals surface area contributed by atoms with Gasteiger partial charge in [-0.1, -0.05) is 34.1 Å². The van der Waals surface area contributed by atoms with Crippen molar-refractivity contribution in [3.8, 4) is 0 Å². The van der Waals surface area contributed by atoms with E-state index in [2.05, 4.69) is 34.0 Å². The van der Waals surface area contributed by atoms with Crippen LogP contribution in [0.3, 0.4) is 0 Å². The van der Waals surface area contributed by atoms with Crippen molar-refractivity contribution >= 4 is 11.8 Å². The molecule has 14 heavy (non-hydrogen) atoms. The molecule has 0 saturated heterocycles. The smallest absolute Gasteiger partial charge is 0.196 e. The summed E-state index contributed by atoms with van der Waals surface area (Å²) in [5, 5.41) is 0. The van der Waals surface area contributed by atoms with Crippen LogP contribution in [0.2, 0.25) is 0 Å². The molecule has 0 aliphatic heterocycles. The zero-order chi connectivity index (χ0) is 10.0. The summed E-state index contributed by atoms with van der Waals surface area (Å²) in [6, 6.07) is 0. The van der Waals surface area contributed by atoms with E-state index in [1.807, 2.05) is 11.8 Å². The Labute approximate surface area is 115 Å². The van der Waals surface area contributed by atoms with Crippen LogP contribution in [0.25, 0.3) is 0 Å². The molecule has 74 valence electrons. The Morgan fingerprint density at radius 3 is 1.79 bits per heavy atom. The van der Waals surface area contributed by atoms with E-state index in [-0.39, 0.29) is 29.6 Å². The Balaban J connectivity index is 0.00000169. The van der Waals surface area contributed by atoms with Crippen LogP contribution in [-0.4, -0.2) is 12.0 Å². The first kappa shape index (κ1) is 14.7. The fraction of sp³-hybridized carbons (Fsp3) is 0.583. The molecule has 0 aliphatic carbocycles. The largest absolute Gasteiger partial charge is 1.00 e. The van der Waals surface area contributed by atoms with Gasteiger partial charge in [-0.05, 0) is 12.0 Å². The summed E-state index contributed by atoms with van der Waals surface area (Å²) < 4.78 is 0. The minimum atomic E-state index is 0. The predicted molar refractivity (Wildman–Crippen MR) is 63.1 cm³/mol. The maximum absolute atomic E-state index is 2.25. The Kier molecular flexibility index (Phi) is 6.63. The van der Waals surface area contributed by atoms with Gasteiger partial charge in [0.1, 0.15) is 0 Å². The Bertz CT molecular complexity index is 274. The van der Waals surface area contributed by atoms with E-state index < -0.39 is 0 Å². The van der Waals surface area contributed by atoms with Gasteiger partial charge in [-0.25, -0.2) is 0 Å². The summed E-state index contributed by atoms with van der Waals surface area (Å²) in [6.45, 7) is 8.98. The summed E-state index contributed by atoms with van der Waals surface area (Å²) in [7, 11) is 0. The summed E-state index contributed by atoms with van der Waals surface area (Å²) in [5.74, 6) is 1.24. The monoisotopic (exact) mass is 218 g/mol. The SMILES string of the molecule is CSCC[c-]1c(C)c(C)c(C)c1C.[Na+]. The molecular formula is C12H19NaS. The van der Waals surface area contributed by atoms with Crippen LogP contribution in [0.4, 0.5) is 0 Å². The van der Waals surface area contributed by atoms with E-state index in [1.165, 1.54) is 34.4 Å². The molecule has 0 saturated carbocycles. The molecule has 1 rings (SSSR count). The average molecular weight is 218 g/mol. The fourth-order valence-electron chi connectivity index (χ4n) is 1.88. The minimum absolute atomic E-state index is 0. The van der Waals surface area contributed by atoms with Crippen LogP contribution in [-0.2, 0) is 6.42 Å². The third kappa shape index (κ3) is 2.85. The van der Waals surface area contributed by atoms with Crippen LogP contribution in [0.5, 0.6) is 0 Å². The van der Waals surface area contributed by atoms with E-state index in [9.17, 15) is 0 Å². The first-order valence-electron chi connectivity index (χ1n) is 4.80. The molecule has 2 heteroatoms. The van der Waals surface area contributed by atoms with Gasteiger partial charge in [0.15, 0.2) is 0 Å². The molecule has 0 bridgehead atoms. The van der Waals surface area contributed by atoms with Crippen LogP contribution < -0.4 is 29.6 Å². The summed E-state index contributed by atoms with van der Waals surface area (Å²) in [4.78, 5) is 0. The molecule has 1 aromatic carbocycles. The Morgan fingerprint density at radius 2 is 1.43 bits per heavy atom. The second kappa shape index (κ2) is 6.32. The molecule has 0 aromatic heterocycles. The van der Waals surface area contributed by atoms with Crippen molar-refractivity contribution in [1.29, 1.82) is 0 Å². The fourth-order valence-corrected chi connectivity index (χ4v) is 2.28. The van der Waals surface area contributed by atoms with E-state index in [4.69, 9.17) is 0 Å². The second-order valence-electron chi connectivity index (χ2n) is 3.72. The van der Waals surface area contributed by atoms with Gasteiger partial charge < -0.3 is 0 Å². The van der Waals surface area contributed by atoms with Crippen LogP contribution in [0.15, 0.2) is 0 Å². The normalized spacial score (nSPS) is 10.1. The minimum Gasteiger partial charge on any atom is -0.196 e. The zero-order valence-electron chi connectivity index (χ0n) is 10.3. The molecule has 0 nitrogen and oxygen atoms in total. The molecule has 0 unspecified atom stereocenters. The van der Waals surface area contributed by atoms with Gasteiger partial charge in [0.2, 0.25) is 0 Å². The molecule has 0 N–H and O–H groups in total. The standard InChI is InChI=1S/C12H19S.Na/c1-8-9(2)11(4)12(10(8)3)6-7-13-5;/h6-7H2,1-5H3;/q-1;+1. The van der Waals surface area contributed by atoms with Crippen molar-refractivity contribution in [2.24, 2.45) is 0 Å². The van der Waals surface area contributed by atoms with Crippen molar-refractivity contribution < 1.29 is 29.6 Å². The first-order chi connectivity index (χ1) is 6.09. The van der Waals surface area contributed by atoms with Crippen molar-refractivity contribution in [1.82, 2.24) is 0 Å². The average Bonchev–Trinajstić information content (AvgIpc) is 2.30. The van der Waals surface area contributed by atoms with Crippen molar-refractivity contribution in [2.45, 2.75) is 34.1 Å². The summed E-state index contributed by atoms with van der Waals surface area (Å²) in [6.07, 6.45) is 3.40. The topological polar surface area (TPSA) is 0 Å². The van der Waals surface area contributed by atoms with E-state index >= 15 is 0 Å². The molecule has 1 aromatic rings. The van der Waals surface area contributed by atoms with Gasteiger partial charge in [0.05, 0.1) is 0 Å². The van der Waals surface area contributed by atoms with Gasteiger partial charge in [-0.3, -0.25) is 0 Å². The van der Waals surface area contributed by atoms with Gasteiger partial charge >= 0.3 is 29.6 Å². The van der Waals surface area contributed by atoms with Crippen LogP contribution in [0.1, 0.15) is 27.8 Å². The Hall–Kier alpha value is 0.700. The molecular weight excluding hydrogens is 199 g/mol. The first-order valence-corrected chi connectivity index (χ1v) is 6.19. The molecule has 0 aliphatic rings. The zero-order valence-corrected chi connectivity index (χ0v) is 13.1. The molecule has 0 fully saturated rings. The van der Waals surface area contributed by atoms with Gasteiger partial charge in [-0.2, -0.15) is 39.6 Å². The third-order valence-electron chi connectivity index (χ3n) is 3.15. The van der Waals surface area contributed by atoms with E-state index in [0.717, 1.165) is 0 Å². The van der Waals surface area contributed by atoms with Gasteiger partial charge in [0.25, 0.3) is 0 Å². The van der Waals surface area contributed by atoms with Gasteiger partial charge in [0, 0.05) is 0 Å². The molecule has 0 atom stereocenters.